The van der Waals surface area contributed by atoms with Crippen molar-refractivity contribution in [1.82, 2.24) is 0 Å². The fraction of sp³-hybridized carbons (Fsp3) is 1.00. The number of hydrogen-bond acceptors (Lipinski definition) is 4. The minimum atomic E-state index is -1.72. The van der Waals surface area contributed by atoms with Crippen molar-refractivity contribution >= 4 is 0 Å². The van der Waals surface area contributed by atoms with Gasteiger partial charge in [0, 0.05) is 6.42 Å². The second-order valence-corrected chi connectivity index (χ2v) is 2.90. The molecule has 0 amide bonds. The summed E-state index contributed by atoms with van der Waals surface area (Å²) < 4.78 is 5.02. The SMILES string of the molecule is CCC1CC(O)C(O)(CO)O1. The Balaban J connectivity index is 2.57. The lowest BCUT2D eigenvalue weighted by Crippen LogP contribution is -2.42. The van der Waals surface area contributed by atoms with Crippen LogP contribution in [0.2, 0.25) is 0 Å². The van der Waals surface area contributed by atoms with Crippen molar-refractivity contribution in [1.29, 1.82) is 0 Å². The zero-order valence-corrected chi connectivity index (χ0v) is 6.53. The molecule has 1 aliphatic rings. The topological polar surface area (TPSA) is 69.9 Å². The third-order valence-electron chi connectivity index (χ3n) is 2.06. The highest BCUT2D eigenvalue weighted by Crippen LogP contribution is 2.29. The van der Waals surface area contributed by atoms with E-state index < -0.39 is 18.5 Å². The molecule has 0 aromatic rings. The van der Waals surface area contributed by atoms with Gasteiger partial charge in [0.2, 0.25) is 5.79 Å². The molecule has 1 aliphatic heterocycles. The van der Waals surface area contributed by atoms with Gasteiger partial charge >= 0.3 is 0 Å². The third kappa shape index (κ3) is 1.54. The van der Waals surface area contributed by atoms with Crippen molar-refractivity contribution in [2.75, 3.05) is 6.61 Å². The van der Waals surface area contributed by atoms with Crippen LogP contribution in [-0.4, -0.2) is 39.9 Å². The van der Waals surface area contributed by atoms with E-state index in [0.29, 0.717) is 6.42 Å². The largest absolute Gasteiger partial charge is 0.391 e. The molecule has 0 bridgehead atoms. The van der Waals surface area contributed by atoms with Gasteiger partial charge in [-0.25, -0.2) is 0 Å². The lowest BCUT2D eigenvalue weighted by molar-refractivity contribution is -0.245. The van der Waals surface area contributed by atoms with Gasteiger partial charge in [0.25, 0.3) is 0 Å². The quantitative estimate of drug-likeness (QED) is 0.498. The van der Waals surface area contributed by atoms with Crippen LogP contribution in [0.1, 0.15) is 19.8 Å². The second kappa shape index (κ2) is 3.06. The summed E-state index contributed by atoms with van der Waals surface area (Å²) in [5, 5.41) is 27.2. The van der Waals surface area contributed by atoms with Crippen LogP contribution in [0.4, 0.5) is 0 Å². The van der Waals surface area contributed by atoms with Crippen LogP contribution in [0, 0.1) is 0 Å². The Morgan fingerprint density at radius 2 is 2.27 bits per heavy atom. The Bertz CT molecular complexity index is 138. The highest BCUT2D eigenvalue weighted by Gasteiger charge is 2.45. The molecule has 1 rings (SSSR count). The zero-order chi connectivity index (χ0) is 8.48. The van der Waals surface area contributed by atoms with E-state index in [9.17, 15) is 10.2 Å². The normalized spacial score (nSPS) is 44.7. The molecule has 4 nitrogen and oxygen atoms in total. The van der Waals surface area contributed by atoms with Crippen LogP contribution in [0.15, 0.2) is 0 Å². The summed E-state index contributed by atoms with van der Waals surface area (Å²) in [4.78, 5) is 0. The molecule has 11 heavy (non-hydrogen) atoms. The van der Waals surface area contributed by atoms with Crippen LogP contribution < -0.4 is 0 Å². The summed E-state index contributed by atoms with van der Waals surface area (Å²) in [5.74, 6) is -1.72. The van der Waals surface area contributed by atoms with Gasteiger partial charge in [-0.2, -0.15) is 0 Å². The fourth-order valence-electron chi connectivity index (χ4n) is 1.24. The number of rotatable bonds is 2. The first-order chi connectivity index (χ1) is 5.12. The summed E-state index contributed by atoms with van der Waals surface area (Å²) in [7, 11) is 0. The Morgan fingerprint density at radius 1 is 1.64 bits per heavy atom. The smallest absolute Gasteiger partial charge is 0.216 e. The monoisotopic (exact) mass is 162 g/mol. The molecule has 3 unspecified atom stereocenters. The summed E-state index contributed by atoms with van der Waals surface area (Å²) in [6.45, 7) is 1.35. The molecular formula is C7H14O4. The molecule has 3 atom stereocenters. The average Bonchev–Trinajstić information content (AvgIpc) is 2.29. The molecule has 0 spiro atoms. The number of ether oxygens (including phenoxy) is 1. The number of aliphatic hydroxyl groups excluding tert-OH is 2. The Hall–Kier alpha value is -0.160. The van der Waals surface area contributed by atoms with Crippen molar-refractivity contribution in [3.63, 3.8) is 0 Å². The first kappa shape index (κ1) is 8.93. The van der Waals surface area contributed by atoms with Crippen molar-refractivity contribution in [3.05, 3.63) is 0 Å². The van der Waals surface area contributed by atoms with Gasteiger partial charge in [-0.05, 0) is 6.42 Å². The molecule has 1 fully saturated rings. The molecule has 0 radical (unpaired) electrons. The van der Waals surface area contributed by atoms with Gasteiger partial charge in [-0.1, -0.05) is 6.92 Å². The highest BCUT2D eigenvalue weighted by molar-refractivity contribution is 4.86. The van der Waals surface area contributed by atoms with Crippen molar-refractivity contribution < 1.29 is 20.1 Å². The minimum Gasteiger partial charge on any atom is -0.391 e. The van der Waals surface area contributed by atoms with E-state index in [1.54, 1.807) is 0 Å². The summed E-state index contributed by atoms with van der Waals surface area (Å²) in [6.07, 6.45) is 0.0343. The summed E-state index contributed by atoms with van der Waals surface area (Å²) >= 11 is 0. The predicted octanol–water partition coefficient (Wildman–Crippen LogP) is -0.773. The van der Waals surface area contributed by atoms with Gasteiger partial charge in [0.1, 0.15) is 6.10 Å². The van der Waals surface area contributed by atoms with Crippen LogP contribution in [0.25, 0.3) is 0 Å². The van der Waals surface area contributed by atoms with Crippen LogP contribution in [0.5, 0.6) is 0 Å². The van der Waals surface area contributed by atoms with Crippen molar-refractivity contribution in [2.24, 2.45) is 0 Å². The molecule has 0 aromatic carbocycles. The number of aliphatic hydroxyl groups is 3. The standard InChI is InChI=1S/C7H14O4/c1-2-5-3-6(9)7(10,4-8)11-5/h5-6,8-10H,2-4H2,1H3. The maximum absolute atomic E-state index is 9.35. The molecule has 0 saturated carbocycles. The van der Waals surface area contributed by atoms with Crippen molar-refractivity contribution in [3.8, 4) is 0 Å². The van der Waals surface area contributed by atoms with Crippen LogP contribution in [0.3, 0.4) is 0 Å². The molecule has 0 aliphatic carbocycles. The molecule has 0 aromatic heterocycles. The van der Waals surface area contributed by atoms with Crippen molar-refractivity contribution in [2.45, 2.75) is 37.8 Å². The minimum absolute atomic E-state index is 0.137. The van der Waals surface area contributed by atoms with Gasteiger partial charge in [0.15, 0.2) is 0 Å². The second-order valence-electron chi connectivity index (χ2n) is 2.90. The molecule has 1 saturated heterocycles. The highest BCUT2D eigenvalue weighted by atomic mass is 16.7. The van der Waals surface area contributed by atoms with E-state index in [4.69, 9.17) is 9.84 Å². The van der Waals surface area contributed by atoms with Gasteiger partial charge < -0.3 is 20.1 Å². The summed E-state index contributed by atoms with van der Waals surface area (Å²) in [5.41, 5.74) is 0. The molecule has 66 valence electrons. The average molecular weight is 162 g/mol. The van der Waals surface area contributed by atoms with E-state index in [2.05, 4.69) is 0 Å². The van der Waals surface area contributed by atoms with Gasteiger partial charge in [0.05, 0.1) is 12.7 Å². The van der Waals surface area contributed by atoms with E-state index in [-0.39, 0.29) is 6.10 Å². The van der Waals surface area contributed by atoms with Gasteiger partial charge in [-0.15, -0.1) is 0 Å². The molecule has 3 N–H and O–H groups in total. The third-order valence-corrected chi connectivity index (χ3v) is 2.06. The first-order valence-corrected chi connectivity index (χ1v) is 3.81. The molecular weight excluding hydrogens is 148 g/mol. The predicted molar refractivity (Wildman–Crippen MR) is 37.8 cm³/mol. The van der Waals surface area contributed by atoms with Crippen LogP contribution >= 0.6 is 0 Å². The Labute approximate surface area is 65.4 Å². The van der Waals surface area contributed by atoms with E-state index >= 15 is 0 Å². The van der Waals surface area contributed by atoms with Gasteiger partial charge in [-0.3, -0.25) is 0 Å². The van der Waals surface area contributed by atoms with Crippen LogP contribution in [-0.2, 0) is 4.74 Å². The van der Waals surface area contributed by atoms with E-state index in [1.807, 2.05) is 6.92 Å². The lowest BCUT2D eigenvalue weighted by Gasteiger charge is -2.22. The van der Waals surface area contributed by atoms with E-state index in [0.717, 1.165) is 6.42 Å². The summed E-state index contributed by atoms with van der Waals surface area (Å²) in [6, 6.07) is 0. The Kier molecular flexibility index (Phi) is 2.49. The number of hydrogen-bond donors (Lipinski definition) is 3. The Morgan fingerprint density at radius 3 is 2.55 bits per heavy atom. The first-order valence-electron chi connectivity index (χ1n) is 3.81. The molecule has 4 heteroatoms. The lowest BCUT2D eigenvalue weighted by atomic mass is 10.1. The fourth-order valence-corrected chi connectivity index (χ4v) is 1.24. The maximum atomic E-state index is 9.35. The maximum Gasteiger partial charge on any atom is 0.216 e. The molecule has 1 heterocycles. The van der Waals surface area contributed by atoms with E-state index in [1.165, 1.54) is 0 Å². The zero-order valence-electron chi connectivity index (χ0n) is 6.53.